The number of hydrogen-bond donors (Lipinski definition) is 1. The van der Waals surface area contributed by atoms with Crippen LogP contribution in [0.25, 0.3) is 17.2 Å². The van der Waals surface area contributed by atoms with Crippen LogP contribution in [0.4, 0.5) is 0 Å². The summed E-state index contributed by atoms with van der Waals surface area (Å²) in [7, 11) is 1.91. The van der Waals surface area contributed by atoms with Crippen LogP contribution in [0, 0.1) is 12.3 Å². The minimum Gasteiger partial charge on any atom is -0.370 e. The minimum atomic E-state index is -0.365. The molecule has 1 heterocycles. The van der Waals surface area contributed by atoms with Gasteiger partial charge in [0.2, 0.25) is 0 Å². The van der Waals surface area contributed by atoms with E-state index in [1.54, 1.807) is 0 Å². The third kappa shape index (κ3) is 3.59. The van der Waals surface area contributed by atoms with Gasteiger partial charge in [-0.25, -0.2) is 4.99 Å². The Bertz CT molecular complexity index is 1050. The summed E-state index contributed by atoms with van der Waals surface area (Å²) in [6.45, 7) is 10.3. The molecular formula is C26H29N3. The molecule has 0 saturated carbocycles. The van der Waals surface area contributed by atoms with Crippen molar-refractivity contribution in [2.75, 3.05) is 7.05 Å². The van der Waals surface area contributed by atoms with Gasteiger partial charge in [-0.3, -0.25) is 0 Å². The van der Waals surface area contributed by atoms with Crippen molar-refractivity contribution >= 4 is 12.0 Å². The lowest BCUT2D eigenvalue weighted by molar-refractivity contribution is 0.433. The van der Waals surface area contributed by atoms with Gasteiger partial charge in [0.25, 0.3) is 0 Å². The van der Waals surface area contributed by atoms with Gasteiger partial charge in [0.15, 0.2) is 5.96 Å². The molecule has 148 valence electrons. The molecule has 3 nitrogen and oxygen atoms in total. The van der Waals surface area contributed by atoms with Gasteiger partial charge in [0.1, 0.15) is 0 Å². The number of nitrogens with zero attached hydrogens (tertiary/aromatic N) is 2. The van der Waals surface area contributed by atoms with Crippen molar-refractivity contribution in [1.82, 2.24) is 4.90 Å². The predicted molar refractivity (Wildman–Crippen MR) is 124 cm³/mol. The van der Waals surface area contributed by atoms with Crippen LogP contribution in [0.15, 0.2) is 65.3 Å². The van der Waals surface area contributed by atoms with E-state index in [4.69, 9.17) is 17.1 Å². The maximum atomic E-state index is 6.14. The van der Waals surface area contributed by atoms with Crippen LogP contribution in [-0.4, -0.2) is 23.4 Å². The van der Waals surface area contributed by atoms with Crippen LogP contribution >= 0.6 is 0 Å². The van der Waals surface area contributed by atoms with Gasteiger partial charge in [-0.05, 0) is 47.2 Å². The highest BCUT2D eigenvalue weighted by molar-refractivity contribution is 5.84. The Balaban J connectivity index is 0.00000117. The van der Waals surface area contributed by atoms with Gasteiger partial charge in [-0.1, -0.05) is 68.8 Å². The lowest BCUT2D eigenvalue weighted by Crippen LogP contribution is -2.44. The fraction of sp³-hybridized carbons (Fsp3) is 0.269. The average Bonchev–Trinajstić information content (AvgIpc) is 3.19. The van der Waals surface area contributed by atoms with Crippen LogP contribution < -0.4 is 5.73 Å². The van der Waals surface area contributed by atoms with Gasteiger partial charge in [-0.15, -0.1) is 6.42 Å². The van der Waals surface area contributed by atoms with E-state index >= 15 is 0 Å². The number of terminal acetylenes is 1. The summed E-state index contributed by atoms with van der Waals surface area (Å²) in [5, 5.41) is 0. The molecule has 0 saturated heterocycles. The van der Waals surface area contributed by atoms with Crippen LogP contribution in [0.3, 0.4) is 0 Å². The Morgan fingerprint density at radius 1 is 1.14 bits per heavy atom. The van der Waals surface area contributed by atoms with E-state index in [1.807, 2.05) is 44.0 Å². The second kappa shape index (κ2) is 8.01. The highest BCUT2D eigenvalue weighted by atomic mass is 15.3. The summed E-state index contributed by atoms with van der Waals surface area (Å²) in [5.41, 5.74) is 13.8. The van der Waals surface area contributed by atoms with Crippen molar-refractivity contribution in [1.29, 1.82) is 0 Å². The summed E-state index contributed by atoms with van der Waals surface area (Å²) in [5.74, 6) is 3.33. The van der Waals surface area contributed by atoms with E-state index in [1.165, 1.54) is 22.3 Å². The summed E-state index contributed by atoms with van der Waals surface area (Å²) in [6, 6.07) is 14.5. The molecule has 0 fully saturated rings. The Kier molecular flexibility index (Phi) is 5.66. The third-order valence-electron chi connectivity index (χ3n) is 5.70. The topological polar surface area (TPSA) is 41.6 Å². The first-order chi connectivity index (χ1) is 13.9. The molecule has 0 unspecified atom stereocenters. The van der Waals surface area contributed by atoms with Crippen LogP contribution in [0.1, 0.15) is 43.9 Å². The van der Waals surface area contributed by atoms with Gasteiger partial charge in [0, 0.05) is 24.7 Å². The Morgan fingerprint density at radius 2 is 1.83 bits per heavy atom. The molecule has 1 aliphatic carbocycles. The molecule has 1 aliphatic heterocycles. The van der Waals surface area contributed by atoms with E-state index in [-0.39, 0.29) is 5.54 Å². The van der Waals surface area contributed by atoms with Crippen molar-refractivity contribution in [3.63, 3.8) is 0 Å². The second-order valence-corrected chi connectivity index (χ2v) is 7.46. The number of aliphatic imine (C=N–C) groups is 1. The SMILES string of the molecule is C#Cc1ccccc1-c1cccc2c1CC([C@]1(C)CC(=C)N(C)C(N)=N1)=C2.CC. The largest absolute Gasteiger partial charge is 0.370 e. The molecule has 0 bridgehead atoms. The van der Waals surface area contributed by atoms with Crippen LogP contribution in [-0.2, 0) is 6.42 Å². The van der Waals surface area contributed by atoms with E-state index in [2.05, 4.69) is 49.8 Å². The van der Waals surface area contributed by atoms with Crippen LogP contribution in [0.5, 0.6) is 0 Å². The van der Waals surface area contributed by atoms with E-state index < -0.39 is 0 Å². The smallest absolute Gasteiger partial charge is 0.196 e. The third-order valence-corrected chi connectivity index (χ3v) is 5.70. The molecular weight excluding hydrogens is 354 g/mol. The molecule has 2 aromatic carbocycles. The van der Waals surface area contributed by atoms with E-state index in [0.717, 1.165) is 29.7 Å². The van der Waals surface area contributed by atoms with Gasteiger partial charge >= 0.3 is 0 Å². The van der Waals surface area contributed by atoms with Crippen molar-refractivity contribution in [2.45, 2.75) is 39.2 Å². The maximum Gasteiger partial charge on any atom is 0.196 e. The normalized spacial score (nSPS) is 20.1. The van der Waals surface area contributed by atoms with Crippen molar-refractivity contribution in [3.8, 4) is 23.5 Å². The second-order valence-electron chi connectivity index (χ2n) is 7.46. The van der Waals surface area contributed by atoms with E-state index in [9.17, 15) is 0 Å². The van der Waals surface area contributed by atoms with Crippen molar-refractivity contribution in [3.05, 3.63) is 77.0 Å². The molecule has 2 N–H and O–H groups in total. The summed E-state index contributed by atoms with van der Waals surface area (Å²) in [6.07, 6.45) is 9.60. The number of benzene rings is 2. The quantitative estimate of drug-likeness (QED) is 0.722. The van der Waals surface area contributed by atoms with Gasteiger partial charge in [0.05, 0.1) is 5.54 Å². The zero-order valence-corrected chi connectivity index (χ0v) is 17.8. The molecule has 4 rings (SSSR count). The lowest BCUT2D eigenvalue weighted by atomic mass is 9.84. The maximum absolute atomic E-state index is 6.14. The molecule has 0 spiro atoms. The molecule has 2 aliphatic rings. The fourth-order valence-corrected chi connectivity index (χ4v) is 4.04. The fourth-order valence-electron chi connectivity index (χ4n) is 4.04. The molecule has 2 aromatic rings. The first kappa shape index (κ1) is 20.5. The number of rotatable bonds is 2. The van der Waals surface area contributed by atoms with Crippen molar-refractivity contribution < 1.29 is 0 Å². The van der Waals surface area contributed by atoms with Gasteiger partial charge < -0.3 is 10.6 Å². The Labute approximate surface area is 174 Å². The number of hydrogen-bond acceptors (Lipinski definition) is 3. The summed E-state index contributed by atoms with van der Waals surface area (Å²) < 4.78 is 0. The zero-order chi connectivity index (χ0) is 21.2. The highest BCUT2D eigenvalue weighted by Crippen LogP contribution is 2.42. The molecule has 1 atom stereocenters. The Morgan fingerprint density at radius 3 is 2.52 bits per heavy atom. The molecule has 29 heavy (non-hydrogen) atoms. The first-order valence-electron chi connectivity index (χ1n) is 10.1. The summed E-state index contributed by atoms with van der Waals surface area (Å²) in [4.78, 5) is 6.67. The highest BCUT2D eigenvalue weighted by Gasteiger charge is 2.37. The van der Waals surface area contributed by atoms with Gasteiger partial charge in [-0.2, -0.15) is 0 Å². The number of guanidine groups is 1. The van der Waals surface area contributed by atoms with Crippen molar-refractivity contribution in [2.24, 2.45) is 10.7 Å². The number of nitrogens with two attached hydrogens (primary N) is 1. The molecule has 0 aromatic heterocycles. The predicted octanol–water partition coefficient (Wildman–Crippen LogP) is 5.22. The molecule has 0 amide bonds. The van der Waals surface area contributed by atoms with E-state index in [0.29, 0.717) is 5.96 Å². The Hall–Kier alpha value is -3.25. The standard InChI is InChI=1S/C24H23N3.C2H6/c1-5-17-9-6-7-11-20(17)21-12-8-10-18-13-19(14-22(18)21)24(3)15-16(2)27(4)23(25)26-24;1-2/h1,6-13H,2,14-15H2,3-4H3,(H2,25,26);1-2H3/t24-;/m0./s1. The lowest BCUT2D eigenvalue weighted by Gasteiger charge is -2.37. The monoisotopic (exact) mass is 383 g/mol. The summed E-state index contributed by atoms with van der Waals surface area (Å²) >= 11 is 0. The average molecular weight is 384 g/mol. The molecule has 3 heteroatoms. The number of fused-ring (bicyclic) bond motifs is 1. The first-order valence-corrected chi connectivity index (χ1v) is 10.1. The minimum absolute atomic E-state index is 0.365. The molecule has 0 radical (unpaired) electrons. The van der Waals surface area contributed by atoms with Crippen LogP contribution in [0.2, 0.25) is 0 Å². The zero-order valence-electron chi connectivity index (χ0n) is 17.8.